The van der Waals surface area contributed by atoms with Crippen LogP contribution in [0.3, 0.4) is 0 Å². The topological polar surface area (TPSA) is 20.2 Å². The Kier molecular flexibility index (Phi) is 3.63. The molecule has 1 saturated carbocycles. The summed E-state index contributed by atoms with van der Waals surface area (Å²) in [5.41, 5.74) is 0. The highest BCUT2D eigenvalue weighted by molar-refractivity contribution is 9.10. The van der Waals surface area contributed by atoms with Crippen molar-refractivity contribution in [2.75, 3.05) is 0 Å². The molecule has 0 aliphatic heterocycles. The van der Waals surface area contributed by atoms with Crippen LogP contribution in [0, 0.1) is 5.92 Å². The lowest BCUT2D eigenvalue weighted by Crippen LogP contribution is -2.20. The van der Waals surface area contributed by atoms with Crippen LogP contribution in [0.4, 0.5) is 0 Å². The summed E-state index contributed by atoms with van der Waals surface area (Å²) in [6.45, 7) is 0. The molecule has 1 nitrogen and oxygen atoms in total. The first kappa shape index (κ1) is 10.7. The van der Waals surface area contributed by atoms with Gasteiger partial charge in [-0.25, -0.2) is 0 Å². The largest absolute Gasteiger partial charge is 0.393 e. The molecule has 1 heterocycles. The predicted octanol–water partition coefficient (Wildman–Crippen LogP) is 3.60. The molecule has 0 bridgehead atoms. The van der Waals surface area contributed by atoms with E-state index in [9.17, 15) is 5.11 Å². The van der Waals surface area contributed by atoms with Crippen LogP contribution < -0.4 is 0 Å². The fraction of sp³-hybridized carbons (Fsp3) is 0.636. The van der Waals surface area contributed by atoms with Gasteiger partial charge in [0.1, 0.15) is 0 Å². The molecule has 3 heteroatoms. The SMILES string of the molecule is OC1CCCC(Cc2cc(Br)cs2)C1. The fourth-order valence-electron chi connectivity index (χ4n) is 2.19. The highest BCUT2D eigenvalue weighted by Crippen LogP contribution is 2.30. The molecule has 1 N–H and O–H groups in total. The van der Waals surface area contributed by atoms with Crippen LogP contribution in [0.5, 0.6) is 0 Å². The molecule has 0 aromatic carbocycles. The number of hydrogen-bond acceptors (Lipinski definition) is 2. The van der Waals surface area contributed by atoms with E-state index in [4.69, 9.17) is 0 Å². The van der Waals surface area contributed by atoms with Gasteiger partial charge in [0.05, 0.1) is 6.10 Å². The van der Waals surface area contributed by atoms with E-state index in [-0.39, 0.29) is 6.10 Å². The van der Waals surface area contributed by atoms with E-state index < -0.39 is 0 Å². The van der Waals surface area contributed by atoms with Crippen molar-refractivity contribution in [1.82, 2.24) is 0 Å². The van der Waals surface area contributed by atoms with Gasteiger partial charge in [0.15, 0.2) is 0 Å². The van der Waals surface area contributed by atoms with Gasteiger partial charge in [0.2, 0.25) is 0 Å². The number of rotatable bonds is 2. The summed E-state index contributed by atoms with van der Waals surface area (Å²) in [5.74, 6) is 0.698. The Balaban J connectivity index is 1.90. The van der Waals surface area contributed by atoms with Gasteiger partial charge in [0, 0.05) is 14.7 Å². The Morgan fingerprint density at radius 3 is 3.00 bits per heavy atom. The quantitative estimate of drug-likeness (QED) is 0.874. The molecule has 1 fully saturated rings. The summed E-state index contributed by atoms with van der Waals surface area (Å²) >= 11 is 5.29. The smallest absolute Gasteiger partial charge is 0.0543 e. The predicted molar refractivity (Wildman–Crippen MR) is 63.7 cm³/mol. The molecule has 2 unspecified atom stereocenters. The summed E-state index contributed by atoms with van der Waals surface area (Å²) in [4.78, 5) is 1.44. The zero-order chi connectivity index (χ0) is 9.97. The van der Waals surface area contributed by atoms with Crippen molar-refractivity contribution >= 4 is 27.3 Å². The van der Waals surface area contributed by atoms with E-state index >= 15 is 0 Å². The van der Waals surface area contributed by atoms with E-state index in [1.54, 1.807) is 0 Å². The van der Waals surface area contributed by atoms with Crippen molar-refractivity contribution in [2.24, 2.45) is 5.92 Å². The van der Waals surface area contributed by atoms with E-state index in [0.29, 0.717) is 5.92 Å². The summed E-state index contributed by atoms with van der Waals surface area (Å²) in [7, 11) is 0. The van der Waals surface area contributed by atoms with Crippen LogP contribution in [-0.4, -0.2) is 11.2 Å². The van der Waals surface area contributed by atoms with Crippen molar-refractivity contribution in [3.05, 3.63) is 20.8 Å². The summed E-state index contributed by atoms with van der Waals surface area (Å²) in [6.07, 6.45) is 5.58. The Labute approximate surface area is 97.3 Å². The number of halogens is 1. The standard InChI is InChI=1S/C11H15BrOS/c12-9-6-11(14-7-9)5-8-2-1-3-10(13)4-8/h6-8,10,13H,1-5H2. The fourth-order valence-corrected chi connectivity index (χ4v) is 3.76. The molecule has 1 aromatic rings. The lowest BCUT2D eigenvalue weighted by Gasteiger charge is -2.25. The molecule has 78 valence electrons. The lowest BCUT2D eigenvalue weighted by atomic mass is 9.85. The monoisotopic (exact) mass is 274 g/mol. The highest BCUT2D eigenvalue weighted by atomic mass is 79.9. The zero-order valence-corrected chi connectivity index (χ0v) is 10.5. The molecule has 2 rings (SSSR count). The van der Waals surface area contributed by atoms with Crippen molar-refractivity contribution in [3.63, 3.8) is 0 Å². The molecule has 0 saturated heterocycles. The summed E-state index contributed by atoms with van der Waals surface area (Å²) in [6, 6.07) is 2.20. The lowest BCUT2D eigenvalue weighted by molar-refractivity contribution is 0.101. The number of aliphatic hydroxyl groups excluding tert-OH is 1. The summed E-state index contributed by atoms with van der Waals surface area (Å²) in [5, 5.41) is 11.7. The van der Waals surface area contributed by atoms with Crippen molar-refractivity contribution in [3.8, 4) is 0 Å². The Morgan fingerprint density at radius 2 is 2.36 bits per heavy atom. The first-order chi connectivity index (χ1) is 6.74. The van der Waals surface area contributed by atoms with Crippen LogP contribution in [0.15, 0.2) is 15.9 Å². The molecular weight excluding hydrogens is 260 g/mol. The van der Waals surface area contributed by atoms with Gasteiger partial charge in [-0.05, 0) is 53.6 Å². The van der Waals surface area contributed by atoms with Crippen LogP contribution >= 0.6 is 27.3 Å². The Hall–Kier alpha value is 0.140. The third-order valence-electron chi connectivity index (χ3n) is 2.87. The van der Waals surface area contributed by atoms with E-state index in [2.05, 4.69) is 27.4 Å². The molecule has 1 aromatic heterocycles. The van der Waals surface area contributed by atoms with Gasteiger partial charge in [-0.1, -0.05) is 6.42 Å². The molecular formula is C11H15BrOS. The van der Waals surface area contributed by atoms with Crippen LogP contribution in [0.2, 0.25) is 0 Å². The molecule has 1 aliphatic rings. The van der Waals surface area contributed by atoms with Gasteiger partial charge in [-0.3, -0.25) is 0 Å². The van der Waals surface area contributed by atoms with Crippen LogP contribution in [0.25, 0.3) is 0 Å². The van der Waals surface area contributed by atoms with Gasteiger partial charge in [-0.2, -0.15) is 0 Å². The van der Waals surface area contributed by atoms with E-state index in [1.165, 1.54) is 22.2 Å². The zero-order valence-electron chi connectivity index (χ0n) is 8.08. The molecule has 1 aliphatic carbocycles. The first-order valence-corrected chi connectivity index (χ1v) is 6.82. The normalized spacial score (nSPS) is 27.9. The first-order valence-electron chi connectivity index (χ1n) is 5.15. The van der Waals surface area contributed by atoms with Crippen molar-refractivity contribution < 1.29 is 5.11 Å². The second kappa shape index (κ2) is 4.77. The molecule has 2 atom stereocenters. The minimum Gasteiger partial charge on any atom is -0.393 e. The number of hydrogen-bond donors (Lipinski definition) is 1. The molecule has 0 radical (unpaired) electrons. The average molecular weight is 275 g/mol. The third kappa shape index (κ3) is 2.81. The number of thiophene rings is 1. The third-order valence-corrected chi connectivity index (χ3v) is 4.59. The second-order valence-electron chi connectivity index (χ2n) is 4.12. The minimum absolute atomic E-state index is 0.0443. The average Bonchev–Trinajstić information content (AvgIpc) is 2.51. The maximum Gasteiger partial charge on any atom is 0.0543 e. The Bertz CT molecular complexity index is 297. The van der Waals surface area contributed by atoms with Gasteiger partial charge in [0.25, 0.3) is 0 Å². The summed E-state index contributed by atoms with van der Waals surface area (Å²) < 4.78 is 1.19. The van der Waals surface area contributed by atoms with Crippen molar-refractivity contribution in [2.45, 2.75) is 38.2 Å². The number of aliphatic hydroxyl groups is 1. The minimum atomic E-state index is -0.0443. The second-order valence-corrected chi connectivity index (χ2v) is 6.03. The molecule has 14 heavy (non-hydrogen) atoms. The molecule has 0 spiro atoms. The van der Waals surface area contributed by atoms with Gasteiger partial charge >= 0.3 is 0 Å². The van der Waals surface area contributed by atoms with Crippen LogP contribution in [-0.2, 0) is 6.42 Å². The maximum absolute atomic E-state index is 9.56. The highest BCUT2D eigenvalue weighted by Gasteiger charge is 2.20. The van der Waals surface area contributed by atoms with E-state index in [0.717, 1.165) is 19.3 Å². The molecule has 0 amide bonds. The van der Waals surface area contributed by atoms with E-state index in [1.807, 2.05) is 11.3 Å². The maximum atomic E-state index is 9.56. The van der Waals surface area contributed by atoms with Crippen LogP contribution in [0.1, 0.15) is 30.6 Å². The Morgan fingerprint density at radius 1 is 1.50 bits per heavy atom. The van der Waals surface area contributed by atoms with Gasteiger partial charge in [-0.15, -0.1) is 11.3 Å². The van der Waals surface area contributed by atoms with Gasteiger partial charge < -0.3 is 5.11 Å². The van der Waals surface area contributed by atoms with Crippen molar-refractivity contribution in [1.29, 1.82) is 0 Å².